The van der Waals surface area contributed by atoms with E-state index >= 15 is 0 Å². The molecule has 1 aromatic carbocycles. The normalized spacial score (nSPS) is 16.3. The fourth-order valence-electron chi connectivity index (χ4n) is 3.84. The number of rotatable bonds is 4. The second-order valence-corrected chi connectivity index (χ2v) is 7.63. The first-order chi connectivity index (χ1) is 15.0. The number of furan rings is 1. The van der Waals surface area contributed by atoms with Crippen molar-refractivity contribution >= 4 is 16.8 Å². The monoisotopic (exact) mass is 417 g/mol. The molecular weight excluding hydrogens is 394 g/mol. The van der Waals surface area contributed by atoms with E-state index in [1.54, 1.807) is 13.4 Å². The summed E-state index contributed by atoms with van der Waals surface area (Å²) >= 11 is 0. The van der Waals surface area contributed by atoms with Gasteiger partial charge in [0.25, 0.3) is 0 Å². The molecule has 0 fully saturated rings. The van der Waals surface area contributed by atoms with Gasteiger partial charge < -0.3 is 23.5 Å². The molecule has 1 aliphatic heterocycles. The standard InChI is InChI=1S/C23H23N5O3/c1-14-6-5-7-16-10-20(31-21(14)16)19-12-30-26-22(27(19)3)17-8-9-18(23(25-17)29-4)28-11-15(2)24-13-28/h5-11,13,19H,12H2,1-4H3. The number of likely N-dealkylation sites (N-methyl/N-ethyl adjacent to an activating group) is 1. The van der Waals surface area contributed by atoms with Crippen molar-refractivity contribution < 1.29 is 14.0 Å². The van der Waals surface area contributed by atoms with Crippen molar-refractivity contribution in [3.63, 3.8) is 0 Å². The van der Waals surface area contributed by atoms with Gasteiger partial charge in [-0.2, -0.15) is 0 Å². The molecule has 8 heteroatoms. The number of imidazole rings is 1. The summed E-state index contributed by atoms with van der Waals surface area (Å²) in [6.45, 7) is 4.37. The number of para-hydroxylation sites is 1. The van der Waals surface area contributed by atoms with Crippen molar-refractivity contribution in [3.05, 3.63) is 71.6 Å². The molecule has 0 aliphatic carbocycles. The van der Waals surface area contributed by atoms with Crippen molar-refractivity contribution in [2.24, 2.45) is 5.16 Å². The third-order valence-electron chi connectivity index (χ3n) is 5.53. The van der Waals surface area contributed by atoms with Crippen LogP contribution in [0.25, 0.3) is 16.7 Å². The molecule has 1 aliphatic rings. The van der Waals surface area contributed by atoms with E-state index in [9.17, 15) is 0 Å². The van der Waals surface area contributed by atoms with Crippen LogP contribution in [0.2, 0.25) is 0 Å². The number of methoxy groups -OCH3 is 1. The number of amidine groups is 1. The zero-order valence-electron chi connectivity index (χ0n) is 17.9. The smallest absolute Gasteiger partial charge is 0.238 e. The van der Waals surface area contributed by atoms with E-state index in [2.05, 4.69) is 27.3 Å². The van der Waals surface area contributed by atoms with Gasteiger partial charge in [-0.05, 0) is 37.6 Å². The molecule has 158 valence electrons. The summed E-state index contributed by atoms with van der Waals surface area (Å²) < 4.78 is 13.6. The third-order valence-corrected chi connectivity index (χ3v) is 5.53. The molecule has 0 radical (unpaired) electrons. The van der Waals surface area contributed by atoms with Crippen LogP contribution < -0.4 is 4.74 Å². The first-order valence-electron chi connectivity index (χ1n) is 10.0. The number of aryl methyl sites for hydroxylation is 2. The molecule has 0 N–H and O–H groups in total. The van der Waals surface area contributed by atoms with Crippen LogP contribution in [0.4, 0.5) is 0 Å². The van der Waals surface area contributed by atoms with Crippen LogP contribution in [0.15, 0.2) is 58.5 Å². The minimum Gasteiger partial charge on any atom is -0.479 e. The molecule has 0 saturated heterocycles. The van der Waals surface area contributed by atoms with E-state index in [1.807, 2.05) is 60.8 Å². The third kappa shape index (κ3) is 3.30. The predicted octanol–water partition coefficient (Wildman–Crippen LogP) is 4.00. The summed E-state index contributed by atoms with van der Waals surface area (Å²) in [5.41, 5.74) is 4.37. The molecule has 0 saturated carbocycles. The maximum atomic E-state index is 6.19. The van der Waals surface area contributed by atoms with Gasteiger partial charge in [0.1, 0.15) is 35.4 Å². The highest BCUT2D eigenvalue weighted by Crippen LogP contribution is 2.32. The summed E-state index contributed by atoms with van der Waals surface area (Å²) in [6.07, 6.45) is 3.66. The SMILES string of the molecule is COc1nc(C2=NOCC(c3cc4cccc(C)c4o3)N2C)ccc1-n1cnc(C)c1. The Balaban J connectivity index is 1.48. The average Bonchev–Trinajstić information content (AvgIpc) is 3.40. The van der Waals surface area contributed by atoms with Gasteiger partial charge in [-0.15, -0.1) is 0 Å². The number of fused-ring (bicyclic) bond motifs is 1. The van der Waals surface area contributed by atoms with Gasteiger partial charge in [-0.1, -0.05) is 23.4 Å². The summed E-state index contributed by atoms with van der Waals surface area (Å²) in [7, 11) is 3.56. The van der Waals surface area contributed by atoms with Crippen LogP contribution in [0, 0.1) is 13.8 Å². The Hall–Kier alpha value is -3.81. The van der Waals surface area contributed by atoms with Crippen molar-refractivity contribution in [1.82, 2.24) is 19.4 Å². The topological polar surface area (TPSA) is 77.9 Å². The molecule has 3 aromatic heterocycles. The van der Waals surface area contributed by atoms with Crippen LogP contribution in [0.5, 0.6) is 5.88 Å². The average molecular weight is 417 g/mol. The molecule has 4 aromatic rings. The van der Waals surface area contributed by atoms with Gasteiger partial charge >= 0.3 is 0 Å². The molecule has 31 heavy (non-hydrogen) atoms. The zero-order chi connectivity index (χ0) is 21.5. The van der Waals surface area contributed by atoms with Crippen molar-refractivity contribution in [1.29, 1.82) is 0 Å². The second-order valence-electron chi connectivity index (χ2n) is 7.63. The molecule has 1 atom stereocenters. The Morgan fingerprint density at radius 1 is 1.16 bits per heavy atom. The first-order valence-corrected chi connectivity index (χ1v) is 10.0. The van der Waals surface area contributed by atoms with Crippen LogP contribution in [0.3, 0.4) is 0 Å². The number of benzene rings is 1. The molecule has 0 bridgehead atoms. The van der Waals surface area contributed by atoms with Crippen molar-refractivity contribution in [2.45, 2.75) is 19.9 Å². The number of aromatic nitrogens is 3. The quantitative estimate of drug-likeness (QED) is 0.499. The lowest BCUT2D eigenvalue weighted by Crippen LogP contribution is -2.38. The number of hydrogen-bond donors (Lipinski definition) is 0. The molecule has 0 spiro atoms. The van der Waals surface area contributed by atoms with Gasteiger partial charge in [0.15, 0.2) is 5.84 Å². The molecule has 4 heterocycles. The van der Waals surface area contributed by atoms with Crippen molar-refractivity contribution in [3.8, 4) is 11.6 Å². The highest BCUT2D eigenvalue weighted by atomic mass is 16.6. The number of pyridine rings is 1. The molecule has 1 unspecified atom stereocenters. The first kappa shape index (κ1) is 19.2. The Bertz CT molecular complexity index is 1290. The van der Waals surface area contributed by atoms with Gasteiger partial charge in [0.2, 0.25) is 5.88 Å². The number of hydrogen-bond acceptors (Lipinski definition) is 7. The minimum absolute atomic E-state index is 0.122. The van der Waals surface area contributed by atoms with E-state index in [0.717, 1.165) is 33.7 Å². The Morgan fingerprint density at radius 3 is 2.77 bits per heavy atom. The number of ether oxygens (including phenoxy) is 1. The van der Waals surface area contributed by atoms with E-state index in [0.29, 0.717) is 24.0 Å². The fraction of sp³-hybridized carbons (Fsp3) is 0.261. The highest BCUT2D eigenvalue weighted by molar-refractivity contribution is 5.97. The van der Waals surface area contributed by atoms with Gasteiger partial charge in [-0.25, -0.2) is 9.97 Å². The molecule has 5 rings (SSSR count). The summed E-state index contributed by atoms with van der Waals surface area (Å²) in [5, 5.41) is 5.35. The Morgan fingerprint density at radius 2 is 2.03 bits per heavy atom. The van der Waals surface area contributed by atoms with Crippen LogP contribution in [-0.4, -0.2) is 46.0 Å². The zero-order valence-corrected chi connectivity index (χ0v) is 17.9. The van der Waals surface area contributed by atoms with Crippen LogP contribution >= 0.6 is 0 Å². The van der Waals surface area contributed by atoms with Gasteiger partial charge in [-0.3, -0.25) is 0 Å². The summed E-state index contributed by atoms with van der Waals surface area (Å²) in [5.74, 6) is 1.92. The Labute approximate surface area is 179 Å². The largest absolute Gasteiger partial charge is 0.479 e. The maximum Gasteiger partial charge on any atom is 0.238 e. The summed E-state index contributed by atoms with van der Waals surface area (Å²) in [4.78, 5) is 16.6. The van der Waals surface area contributed by atoms with E-state index in [-0.39, 0.29) is 6.04 Å². The highest BCUT2D eigenvalue weighted by Gasteiger charge is 2.30. The van der Waals surface area contributed by atoms with Crippen LogP contribution in [0.1, 0.15) is 28.8 Å². The number of oxime groups is 1. The fourth-order valence-corrected chi connectivity index (χ4v) is 3.84. The maximum absolute atomic E-state index is 6.19. The van der Waals surface area contributed by atoms with E-state index in [4.69, 9.17) is 14.0 Å². The van der Waals surface area contributed by atoms with Gasteiger partial charge in [0, 0.05) is 18.6 Å². The predicted molar refractivity (Wildman–Crippen MR) is 117 cm³/mol. The Kier molecular flexibility index (Phi) is 4.62. The lowest BCUT2D eigenvalue weighted by Gasteiger charge is -2.31. The number of nitrogens with zero attached hydrogens (tertiary/aromatic N) is 5. The minimum atomic E-state index is -0.122. The lowest BCUT2D eigenvalue weighted by molar-refractivity contribution is 0.0618. The summed E-state index contributed by atoms with van der Waals surface area (Å²) in [6, 6.07) is 11.9. The molecular formula is C23H23N5O3. The lowest BCUT2D eigenvalue weighted by atomic mass is 10.1. The van der Waals surface area contributed by atoms with Gasteiger partial charge in [0.05, 0.1) is 19.1 Å². The molecule has 0 amide bonds. The molecule has 8 nitrogen and oxygen atoms in total. The second kappa shape index (κ2) is 7.46. The van der Waals surface area contributed by atoms with Crippen LogP contribution in [-0.2, 0) is 4.84 Å². The van der Waals surface area contributed by atoms with E-state index < -0.39 is 0 Å². The van der Waals surface area contributed by atoms with E-state index in [1.165, 1.54) is 0 Å². The van der Waals surface area contributed by atoms with Crippen molar-refractivity contribution in [2.75, 3.05) is 20.8 Å².